The van der Waals surface area contributed by atoms with Crippen molar-refractivity contribution in [3.63, 3.8) is 0 Å². The van der Waals surface area contributed by atoms with Crippen molar-refractivity contribution in [3.8, 4) is 0 Å². The maximum absolute atomic E-state index is 12.3. The molecule has 1 aliphatic rings. The van der Waals surface area contributed by atoms with Gasteiger partial charge in [-0.15, -0.1) is 0 Å². The molecule has 2 aromatic carbocycles. The van der Waals surface area contributed by atoms with Crippen LogP contribution in [0, 0.1) is 0 Å². The van der Waals surface area contributed by atoms with Gasteiger partial charge in [0.25, 0.3) is 5.91 Å². The van der Waals surface area contributed by atoms with Crippen LogP contribution in [-0.4, -0.2) is 48.8 Å². The van der Waals surface area contributed by atoms with Crippen LogP contribution in [-0.2, 0) is 4.74 Å². The minimum atomic E-state index is -0.522. The van der Waals surface area contributed by atoms with Crippen molar-refractivity contribution in [3.05, 3.63) is 64.7 Å². The molecular formula is C20H23ClN2O3. The number of carbonyl (C=O) groups is 1. The maximum Gasteiger partial charge on any atom is 0.257 e. The second-order valence-electron chi connectivity index (χ2n) is 6.31. The fraction of sp³-hybridized carbons (Fsp3) is 0.350. The lowest BCUT2D eigenvalue weighted by atomic mass is 10.1. The number of nitrogens with one attached hydrogen (secondary N) is 1. The zero-order valence-corrected chi connectivity index (χ0v) is 15.3. The van der Waals surface area contributed by atoms with Gasteiger partial charge >= 0.3 is 0 Å². The van der Waals surface area contributed by atoms with Gasteiger partial charge in [0.05, 0.1) is 29.9 Å². The van der Waals surface area contributed by atoms with E-state index in [0.717, 1.165) is 38.4 Å². The fourth-order valence-corrected chi connectivity index (χ4v) is 3.15. The number of nitrogens with zero attached hydrogens (tertiary/aromatic N) is 1. The molecule has 138 valence electrons. The monoisotopic (exact) mass is 374 g/mol. The van der Waals surface area contributed by atoms with E-state index >= 15 is 0 Å². The SMILES string of the molecule is O=C(Nc1ccc(C(O)CCN2CCOCC2)cc1)c1ccccc1Cl. The van der Waals surface area contributed by atoms with Crippen LogP contribution in [0.3, 0.4) is 0 Å². The van der Waals surface area contributed by atoms with Crippen molar-refractivity contribution in [2.24, 2.45) is 0 Å². The van der Waals surface area contributed by atoms with E-state index in [1.807, 2.05) is 12.1 Å². The van der Waals surface area contributed by atoms with Crippen molar-refractivity contribution < 1.29 is 14.6 Å². The number of hydrogen-bond donors (Lipinski definition) is 2. The zero-order chi connectivity index (χ0) is 18.4. The lowest BCUT2D eigenvalue weighted by Gasteiger charge is -2.27. The van der Waals surface area contributed by atoms with Gasteiger partial charge in [-0.3, -0.25) is 9.69 Å². The van der Waals surface area contributed by atoms with Crippen molar-refractivity contribution in [1.82, 2.24) is 4.90 Å². The number of aliphatic hydroxyl groups excluding tert-OH is 1. The van der Waals surface area contributed by atoms with E-state index in [2.05, 4.69) is 10.2 Å². The minimum Gasteiger partial charge on any atom is -0.388 e. The molecule has 0 saturated carbocycles. The first kappa shape index (κ1) is 18.9. The number of hydrogen-bond acceptors (Lipinski definition) is 4. The molecule has 1 saturated heterocycles. The summed E-state index contributed by atoms with van der Waals surface area (Å²) in [6, 6.07) is 14.2. The normalized spacial score (nSPS) is 16.2. The number of aliphatic hydroxyl groups is 1. The van der Waals surface area contributed by atoms with Crippen molar-refractivity contribution >= 4 is 23.2 Å². The van der Waals surface area contributed by atoms with E-state index < -0.39 is 6.10 Å². The third-order valence-corrected chi connectivity index (χ3v) is 4.82. The number of halogens is 1. The number of rotatable bonds is 6. The maximum atomic E-state index is 12.3. The number of ether oxygens (including phenoxy) is 1. The van der Waals surface area contributed by atoms with Crippen LogP contribution in [0.15, 0.2) is 48.5 Å². The van der Waals surface area contributed by atoms with Crippen LogP contribution in [0.2, 0.25) is 5.02 Å². The highest BCUT2D eigenvalue weighted by Crippen LogP contribution is 2.21. The molecule has 2 aromatic rings. The molecule has 1 fully saturated rings. The Morgan fingerprint density at radius 1 is 1.15 bits per heavy atom. The molecule has 0 radical (unpaired) electrons. The molecule has 0 aliphatic carbocycles. The van der Waals surface area contributed by atoms with Crippen LogP contribution in [0.1, 0.15) is 28.4 Å². The van der Waals surface area contributed by atoms with Gasteiger partial charge in [0.2, 0.25) is 0 Å². The third kappa shape index (κ3) is 5.05. The van der Waals surface area contributed by atoms with E-state index in [1.54, 1.807) is 36.4 Å². The largest absolute Gasteiger partial charge is 0.388 e. The Morgan fingerprint density at radius 3 is 2.54 bits per heavy atom. The minimum absolute atomic E-state index is 0.254. The molecule has 2 N–H and O–H groups in total. The first-order valence-electron chi connectivity index (χ1n) is 8.77. The molecule has 0 aromatic heterocycles. The Balaban J connectivity index is 1.54. The summed E-state index contributed by atoms with van der Waals surface area (Å²) in [5, 5.41) is 13.6. The summed E-state index contributed by atoms with van der Waals surface area (Å²) in [6.07, 6.45) is 0.150. The average Bonchev–Trinajstić information content (AvgIpc) is 2.68. The molecule has 6 heteroatoms. The van der Waals surface area contributed by atoms with Crippen molar-refractivity contribution in [2.75, 3.05) is 38.2 Å². The van der Waals surface area contributed by atoms with Crippen molar-refractivity contribution in [2.45, 2.75) is 12.5 Å². The molecule has 5 nitrogen and oxygen atoms in total. The van der Waals surface area contributed by atoms with Crippen LogP contribution in [0.4, 0.5) is 5.69 Å². The summed E-state index contributed by atoms with van der Waals surface area (Å²) < 4.78 is 5.33. The molecule has 3 rings (SSSR count). The third-order valence-electron chi connectivity index (χ3n) is 4.49. The topological polar surface area (TPSA) is 61.8 Å². The molecule has 0 spiro atoms. The Morgan fingerprint density at radius 2 is 1.85 bits per heavy atom. The second-order valence-corrected chi connectivity index (χ2v) is 6.72. The first-order valence-corrected chi connectivity index (χ1v) is 9.15. The molecule has 1 aliphatic heterocycles. The molecule has 1 heterocycles. The van der Waals surface area contributed by atoms with Gasteiger partial charge in [0, 0.05) is 25.3 Å². The second kappa shape index (κ2) is 9.14. The Kier molecular flexibility index (Phi) is 6.63. The molecule has 26 heavy (non-hydrogen) atoms. The van der Waals surface area contributed by atoms with E-state index in [9.17, 15) is 9.90 Å². The average molecular weight is 375 g/mol. The zero-order valence-electron chi connectivity index (χ0n) is 14.5. The summed E-state index contributed by atoms with van der Waals surface area (Å²) in [4.78, 5) is 14.6. The van der Waals surface area contributed by atoms with Crippen LogP contribution < -0.4 is 5.32 Å². The summed E-state index contributed by atoms with van der Waals surface area (Å²) in [7, 11) is 0. The van der Waals surface area contributed by atoms with Crippen LogP contribution in [0.25, 0.3) is 0 Å². The molecule has 1 unspecified atom stereocenters. The molecular weight excluding hydrogens is 352 g/mol. The van der Waals surface area contributed by atoms with Gasteiger partial charge in [-0.1, -0.05) is 35.9 Å². The number of carbonyl (C=O) groups excluding carboxylic acids is 1. The summed E-state index contributed by atoms with van der Waals surface area (Å²) in [5.41, 5.74) is 1.94. The summed E-state index contributed by atoms with van der Waals surface area (Å²) in [5.74, 6) is -0.254. The predicted octanol–water partition coefficient (Wildman–Crippen LogP) is 3.35. The van der Waals surface area contributed by atoms with E-state index in [0.29, 0.717) is 22.7 Å². The van der Waals surface area contributed by atoms with Crippen LogP contribution in [0.5, 0.6) is 0 Å². The van der Waals surface area contributed by atoms with Gasteiger partial charge in [0.15, 0.2) is 0 Å². The number of morpholine rings is 1. The highest BCUT2D eigenvalue weighted by atomic mass is 35.5. The lowest BCUT2D eigenvalue weighted by molar-refractivity contribution is 0.0300. The quantitative estimate of drug-likeness (QED) is 0.814. The molecule has 1 atom stereocenters. The molecule has 0 bridgehead atoms. The van der Waals surface area contributed by atoms with Crippen molar-refractivity contribution in [1.29, 1.82) is 0 Å². The Labute approximate surface area is 158 Å². The van der Waals surface area contributed by atoms with E-state index in [4.69, 9.17) is 16.3 Å². The number of amides is 1. The highest BCUT2D eigenvalue weighted by Gasteiger charge is 2.14. The van der Waals surface area contributed by atoms with E-state index in [-0.39, 0.29) is 5.91 Å². The van der Waals surface area contributed by atoms with Crippen LogP contribution >= 0.6 is 11.6 Å². The van der Waals surface area contributed by atoms with Gasteiger partial charge < -0.3 is 15.2 Å². The Bertz CT molecular complexity index is 730. The van der Waals surface area contributed by atoms with Gasteiger partial charge in [-0.2, -0.15) is 0 Å². The molecule has 1 amide bonds. The smallest absolute Gasteiger partial charge is 0.257 e. The lowest BCUT2D eigenvalue weighted by Crippen LogP contribution is -2.37. The number of anilines is 1. The fourth-order valence-electron chi connectivity index (χ4n) is 2.93. The summed E-state index contributed by atoms with van der Waals surface area (Å²) in [6.45, 7) is 4.20. The van der Waals surface area contributed by atoms with Gasteiger partial charge in [-0.25, -0.2) is 0 Å². The summed E-state index contributed by atoms with van der Waals surface area (Å²) >= 11 is 6.05. The Hall–Kier alpha value is -1.92. The van der Waals surface area contributed by atoms with Gasteiger partial charge in [-0.05, 0) is 36.2 Å². The van der Waals surface area contributed by atoms with Gasteiger partial charge in [0.1, 0.15) is 0 Å². The first-order chi connectivity index (χ1) is 12.6. The number of benzene rings is 2. The standard InChI is InChI=1S/C20H23ClN2O3/c21-18-4-2-1-3-17(18)20(25)22-16-7-5-15(6-8-16)19(24)9-10-23-11-13-26-14-12-23/h1-8,19,24H,9-14H2,(H,22,25). The van der Waals surface area contributed by atoms with E-state index in [1.165, 1.54) is 0 Å². The predicted molar refractivity (Wildman–Crippen MR) is 103 cm³/mol. The highest BCUT2D eigenvalue weighted by molar-refractivity contribution is 6.34.